The van der Waals surface area contributed by atoms with E-state index in [0.29, 0.717) is 32.7 Å². The summed E-state index contributed by atoms with van der Waals surface area (Å²) in [5, 5.41) is 4.42. The molecule has 10 nitrogen and oxygen atoms in total. The van der Waals surface area contributed by atoms with Crippen molar-refractivity contribution in [3.05, 3.63) is 44.6 Å². The number of nitrogens with one attached hydrogen (secondary N) is 2. The number of anilines is 2. The molecule has 1 aliphatic carbocycles. The summed E-state index contributed by atoms with van der Waals surface area (Å²) in [5.74, 6) is 0.737. The van der Waals surface area contributed by atoms with Crippen LogP contribution in [-0.2, 0) is 27.1 Å². The normalized spacial score (nSPS) is 15.2. The Labute approximate surface area is 215 Å². The van der Waals surface area contributed by atoms with E-state index in [4.69, 9.17) is 14.2 Å². The van der Waals surface area contributed by atoms with E-state index < -0.39 is 0 Å². The van der Waals surface area contributed by atoms with E-state index in [1.165, 1.54) is 16.9 Å². The average Bonchev–Trinajstić information content (AvgIpc) is 3.43. The Morgan fingerprint density at radius 2 is 2.00 bits per heavy atom. The third kappa shape index (κ3) is 5.21. The molecule has 0 saturated heterocycles. The van der Waals surface area contributed by atoms with Gasteiger partial charge in [-0.1, -0.05) is 11.3 Å². The highest BCUT2D eigenvalue weighted by atomic mass is 32.1. The van der Waals surface area contributed by atoms with Crippen LogP contribution >= 0.6 is 22.7 Å². The number of benzene rings is 1. The first-order chi connectivity index (χ1) is 17.6. The van der Waals surface area contributed by atoms with E-state index in [1.54, 1.807) is 36.8 Å². The number of aryl methyl sites for hydroxylation is 1. The van der Waals surface area contributed by atoms with Crippen molar-refractivity contribution >= 4 is 60.7 Å². The van der Waals surface area contributed by atoms with Gasteiger partial charge in [0.1, 0.15) is 23.1 Å². The highest BCUT2D eigenvalue weighted by molar-refractivity contribution is 7.19. The minimum atomic E-state index is -0.344. The number of amides is 1. The predicted molar refractivity (Wildman–Crippen MR) is 141 cm³/mol. The number of nitrogens with zero attached hydrogens (tertiary/aromatic N) is 3. The fourth-order valence-corrected chi connectivity index (χ4v) is 6.38. The van der Waals surface area contributed by atoms with Crippen LogP contribution in [0.4, 0.5) is 16.3 Å². The van der Waals surface area contributed by atoms with Crippen molar-refractivity contribution in [1.29, 1.82) is 0 Å². The molecule has 36 heavy (non-hydrogen) atoms. The molecule has 0 spiro atoms. The summed E-state index contributed by atoms with van der Waals surface area (Å²) >= 11 is 2.80. The molecule has 5 rings (SSSR count). The monoisotopic (exact) mass is 529 g/mol. The topological polar surface area (TPSA) is 119 Å². The van der Waals surface area contributed by atoms with Crippen molar-refractivity contribution in [3.63, 3.8) is 0 Å². The largest absolute Gasteiger partial charge is 0.446 e. The summed E-state index contributed by atoms with van der Waals surface area (Å²) in [4.78, 5) is 39.9. The molecule has 1 aromatic carbocycles. The molecular weight excluding hydrogens is 502 g/mol. The molecule has 0 bridgehead atoms. The molecule has 0 saturated carbocycles. The quantitative estimate of drug-likeness (QED) is 0.335. The van der Waals surface area contributed by atoms with Gasteiger partial charge in [-0.3, -0.25) is 4.79 Å². The molecule has 2 N–H and O–H groups in total. The molecule has 190 valence electrons. The Kier molecular flexibility index (Phi) is 7.46. The van der Waals surface area contributed by atoms with E-state index >= 15 is 0 Å². The van der Waals surface area contributed by atoms with Gasteiger partial charge in [0.05, 0.1) is 28.8 Å². The summed E-state index contributed by atoms with van der Waals surface area (Å²) < 4.78 is 17.0. The van der Waals surface area contributed by atoms with Gasteiger partial charge < -0.3 is 29.4 Å². The lowest BCUT2D eigenvalue weighted by molar-refractivity contribution is 0.0418. The highest BCUT2D eigenvalue weighted by Crippen LogP contribution is 2.39. The van der Waals surface area contributed by atoms with Crippen LogP contribution in [0.3, 0.4) is 0 Å². The van der Waals surface area contributed by atoms with E-state index in [0.717, 1.165) is 49.7 Å². The number of rotatable bonds is 9. The first-order valence-electron chi connectivity index (χ1n) is 11.6. The number of fused-ring (bicyclic) bond motifs is 4. The molecule has 1 atom stereocenters. The second-order valence-electron chi connectivity index (χ2n) is 8.48. The van der Waals surface area contributed by atoms with Crippen molar-refractivity contribution < 1.29 is 19.0 Å². The number of carbonyl (C=O) groups is 1. The van der Waals surface area contributed by atoms with Crippen molar-refractivity contribution in [2.24, 2.45) is 0 Å². The zero-order valence-corrected chi connectivity index (χ0v) is 21.7. The Bertz CT molecular complexity index is 1420. The minimum Gasteiger partial charge on any atom is -0.446 e. The van der Waals surface area contributed by atoms with E-state index in [1.807, 2.05) is 18.2 Å². The maximum absolute atomic E-state index is 12.8. The first-order valence-corrected chi connectivity index (χ1v) is 13.3. The van der Waals surface area contributed by atoms with Gasteiger partial charge in [-0.05, 0) is 36.6 Å². The maximum Gasteiger partial charge on any atom is 0.410 e. The molecule has 0 aliphatic heterocycles. The molecule has 3 heterocycles. The van der Waals surface area contributed by atoms with Gasteiger partial charge in [0.25, 0.3) is 0 Å². The first kappa shape index (κ1) is 24.6. The van der Waals surface area contributed by atoms with E-state index in [2.05, 4.69) is 20.3 Å². The number of hydrogen-bond acceptors (Lipinski definition) is 10. The molecule has 1 aliphatic rings. The van der Waals surface area contributed by atoms with Crippen LogP contribution in [0.5, 0.6) is 0 Å². The Morgan fingerprint density at radius 3 is 2.78 bits per heavy atom. The van der Waals surface area contributed by atoms with Gasteiger partial charge in [0.15, 0.2) is 0 Å². The maximum atomic E-state index is 12.8. The number of methoxy groups -OCH3 is 2. The molecule has 4 aromatic rings. The lowest BCUT2D eigenvalue weighted by atomic mass is 9.94. The van der Waals surface area contributed by atoms with Gasteiger partial charge in [0, 0.05) is 44.3 Å². The number of aromatic nitrogens is 3. The highest BCUT2D eigenvalue weighted by Gasteiger charge is 2.28. The van der Waals surface area contributed by atoms with Crippen LogP contribution in [0.2, 0.25) is 0 Å². The molecule has 1 amide bonds. The Hall–Kier alpha value is -3.06. The number of ether oxygens (including phenoxy) is 3. The number of aromatic amines is 1. The summed E-state index contributed by atoms with van der Waals surface area (Å²) in [6, 6.07) is 5.75. The smallest absolute Gasteiger partial charge is 0.410 e. The predicted octanol–water partition coefficient (Wildman–Crippen LogP) is 3.93. The lowest BCUT2D eigenvalue weighted by Gasteiger charge is -2.27. The van der Waals surface area contributed by atoms with Crippen molar-refractivity contribution in [3.8, 4) is 0 Å². The van der Waals surface area contributed by atoms with Gasteiger partial charge >= 0.3 is 11.0 Å². The van der Waals surface area contributed by atoms with Gasteiger partial charge in [-0.2, -0.15) is 0 Å². The summed E-state index contributed by atoms with van der Waals surface area (Å²) in [5.41, 5.74) is 2.88. The molecule has 1 unspecified atom stereocenters. The number of thiazole rings is 1. The van der Waals surface area contributed by atoms with Crippen LogP contribution in [0.1, 0.15) is 16.9 Å². The Morgan fingerprint density at radius 1 is 1.19 bits per heavy atom. The fourth-order valence-electron chi connectivity index (χ4n) is 4.35. The standard InChI is InChI=1S/C24H27N5O5S2/c1-32-9-7-29(8-10-33-2)24(31)34-15-4-5-16-18(12-15)35-22-20(16)21(25-13-26-22)27-14-3-6-17-19(11-14)36-23(30)28-17/h3,6,11,13,15H,4-5,7-10,12H2,1-2H3,(H,28,30)(H,25,26,27). The van der Waals surface area contributed by atoms with E-state index in [9.17, 15) is 9.59 Å². The van der Waals surface area contributed by atoms with Crippen LogP contribution in [-0.4, -0.2) is 72.6 Å². The number of H-pyrrole nitrogens is 1. The summed E-state index contributed by atoms with van der Waals surface area (Å²) in [6.45, 7) is 1.79. The van der Waals surface area contributed by atoms with Gasteiger partial charge in [-0.15, -0.1) is 11.3 Å². The average molecular weight is 530 g/mol. The molecule has 0 radical (unpaired) electrons. The lowest BCUT2D eigenvalue weighted by Crippen LogP contribution is -2.39. The van der Waals surface area contributed by atoms with Crippen LogP contribution in [0.15, 0.2) is 29.3 Å². The summed E-state index contributed by atoms with van der Waals surface area (Å²) in [7, 11) is 3.22. The zero-order valence-electron chi connectivity index (χ0n) is 20.0. The summed E-state index contributed by atoms with van der Waals surface area (Å²) in [6.07, 6.45) is 3.15. The van der Waals surface area contributed by atoms with Crippen molar-refractivity contribution in [1.82, 2.24) is 19.9 Å². The van der Waals surface area contributed by atoms with E-state index in [-0.39, 0.29) is 17.1 Å². The molecule has 0 fully saturated rings. The number of thiophene rings is 1. The zero-order chi connectivity index (χ0) is 25.1. The van der Waals surface area contributed by atoms with Crippen LogP contribution in [0.25, 0.3) is 20.4 Å². The number of hydrogen-bond donors (Lipinski definition) is 2. The molecule has 3 aromatic heterocycles. The second-order valence-corrected chi connectivity index (χ2v) is 10.6. The van der Waals surface area contributed by atoms with Gasteiger partial charge in [0.2, 0.25) is 0 Å². The fraction of sp³-hybridized carbons (Fsp3) is 0.417. The molecular formula is C24H27N5O5S2. The third-order valence-corrected chi connectivity index (χ3v) is 8.15. The SMILES string of the molecule is COCCN(CCOC)C(=O)OC1CCc2c(sc3ncnc(Nc4ccc5[nH]c(=O)sc5c4)c23)C1. The van der Waals surface area contributed by atoms with Crippen molar-refractivity contribution in [2.45, 2.75) is 25.4 Å². The molecule has 12 heteroatoms. The third-order valence-electron chi connectivity index (χ3n) is 6.14. The van der Waals surface area contributed by atoms with Crippen LogP contribution < -0.4 is 10.2 Å². The van der Waals surface area contributed by atoms with Gasteiger partial charge in [-0.25, -0.2) is 14.8 Å². The minimum absolute atomic E-state index is 0.0748. The Balaban J connectivity index is 1.33. The van der Waals surface area contributed by atoms with Crippen LogP contribution in [0, 0.1) is 0 Å². The van der Waals surface area contributed by atoms with Crippen molar-refractivity contribution in [2.75, 3.05) is 45.8 Å². The second kappa shape index (κ2) is 10.9. The number of carbonyl (C=O) groups excluding carboxylic acids is 1.